The molecule has 0 radical (unpaired) electrons. The van der Waals surface area contributed by atoms with E-state index in [1.54, 1.807) is 12.3 Å². The van der Waals surface area contributed by atoms with Gasteiger partial charge in [0.1, 0.15) is 5.69 Å². The maximum Gasteiger partial charge on any atom is 0.284 e. The molecule has 13 heavy (non-hydrogen) atoms. The fourth-order valence-corrected chi connectivity index (χ4v) is 1.09. The normalized spacial score (nSPS) is 10.5. The molecule has 6 heteroatoms. The molecule has 0 fully saturated rings. The van der Waals surface area contributed by atoms with Gasteiger partial charge >= 0.3 is 0 Å². The van der Waals surface area contributed by atoms with Crippen LogP contribution < -0.4 is 11.5 Å². The number of carbonyl (C=O) groups is 1. The van der Waals surface area contributed by atoms with Crippen LogP contribution in [0, 0.1) is 0 Å². The zero-order valence-electron chi connectivity index (χ0n) is 6.61. The lowest BCUT2D eigenvalue weighted by Gasteiger charge is -2.03. The van der Waals surface area contributed by atoms with Gasteiger partial charge in [-0.2, -0.15) is 0 Å². The van der Waals surface area contributed by atoms with Crippen molar-refractivity contribution < 1.29 is 4.79 Å². The second kappa shape index (κ2) is 2.44. The highest BCUT2D eigenvalue weighted by molar-refractivity contribution is 5.90. The highest BCUT2D eigenvalue weighted by atomic mass is 16.1. The van der Waals surface area contributed by atoms with Gasteiger partial charge in [-0.3, -0.25) is 9.78 Å². The molecule has 0 atom stereocenters. The fraction of sp³-hybridized carbons (Fsp3) is 0. The first-order valence-electron chi connectivity index (χ1n) is 3.58. The quantitative estimate of drug-likeness (QED) is 0.549. The van der Waals surface area contributed by atoms with Crippen molar-refractivity contribution in [2.24, 2.45) is 5.73 Å². The molecular formula is C7H7N5O. The first-order valence-corrected chi connectivity index (χ1v) is 3.58. The van der Waals surface area contributed by atoms with Gasteiger partial charge in [0.25, 0.3) is 5.91 Å². The lowest BCUT2D eigenvalue weighted by Crippen LogP contribution is -2.17. The Balaban J connectivity index is 2.70. The van der Waals surface area contributed by atoms with E-state index in [-0.39, 0.29) is 11.6 Å². The number of aromatic amines is 1. The minimum absolute atomic E-state index is 0.0398. The highest BCUT2D eigenvalue weighted by Crippen LogP contribution is 2.21. The van der Waals surface area contributed by atoms with Gasteiger partial charge in [-0.25, -0.2) is 4.98 Å². The van der Waals surface area contributed by atoms with Crippen molar-refractivity contribution in [3.63, 3.8) is 0 Å². The predicted molar refractivity (Wildman–Crippen MR) is 45.9 cm³/mol. The van der Waals surface area contributed by atoms with E-state index in [0.717, 1.165) is 0 Å². The molecule has 0 spiro atoms. The zero-order chi connectivity index (χ0) is 9.42. The van der Waals surface area contributed by atoms with Crippen LogP contribution in [0.5, 0.6) is 0 Å². The monoisotopic (exact) mass is 177 g/mol. The maximum atomic E-state index is 10.8. The van der Waals surface area contributed by atoms with Gasteiger partial charge in [0, 0.05) is 6.20 Å². The van der Waals surface area contributed by atoms with Crippen molar-refractivity contribution in [3.05, 3.63) is 18.1 Å². The van der Waals surface area contributed by atoms with Crippen LogP contribution in [0.25, 0.3) is 11.4 Å². The zero-order valence-corrected chi connectivity index (χ0v) is 6.61. The number of nitrogens with two attached hydrogens (primary N) is 2. The molecule has 0 aromatic carbocycles. The Hall–Kier alpha value is -2.11. The van der Waals surface area contributed by atoms with E-state index in [2.05, 4.69) is 15.0 Å². The third kappa shape index (κ3) is 1.08. The van der Waals surface area contributed by atoms with E-state index in [1.807, 2.05) is 0 Å². The standard InChI is InChI=1S/C7H7N5O/c8-5-4-3(1-2-10-4)11-7(12-5)6(9)13/h1-2H,8H2,(H2,9,13)(H,11,12). The Labute approximate surface area is 73.3 Å². The second-order valence-electron chi connectivity index (χ2n) is 2.54. The van der Waals surface area contributed by atoms with Crippen molar-refractivity contribution in [1.82, 2.24) is 15.0 Å². The number of carbonyl (C=O) groups excluding carboxylic acids is 1. The van der Waals surface area contributed by atoms with Gasteiger partial charge in [-0.15, -0.1) is 0 Å². The van der Waals surface area contributed by atoms with Crippen molar-refractivity contribution >= 4 is 11.7 Å². The number of aromatic nitrogens is 3. The highest BCUT2D eigenvalue weighted by Gasteiger charge is 2.13. The van der Waals surface area contributed by atoms with Crippen molar-refractivity contribution in [3.8, 4) is 11.4 Å². The number of primary amides is 1. The summed E-state index contributed by atoms with van der Waals surface area (Å²) in [5.41, 5.74) is 11.8. The summed E-state index contributed by atoms with van der Waals surface area (Å²) in [6.07, 6.45) is 1.57. The molecule has 0 unspecified atom stereocenters. The molecule has 0 aromatic heterocycles. The third-order valence-corrected chi connectivity index (χ3v) is 1.66. The molecular weight excluding hydrogens is 170 g/mol. The molecule has 2 rings (SSSR count). The van der Waals surface area contributed by atoms with Crippen LogP contribution in [0.1, 0.15) is 10.6 Å². The van der Waals surface area contributed by atoms with E-state index in [0.29, 0.717) is 11.4 Å². The summed E-state index contributed by atoms with van der Waals surface area (Å²) in [6.45, 7) is 0. The molecule has 0 aromatic rings. The molecule has 2 heterocycles. The first-order chi connectivity index (χ1) is 6.18. The SMILES string of the molecule is NC(=O)c1nc(N)c2nccc-2[nH]1. The van der Waals surface area contributed by atoms with Crippen LogP contribution in [0.3, 0.4) is 0 Å². The van der Waals surface area contributed by atoms with E-state index in [4.69, 9.17) is 11.5 Å². The Kier molecular flexibility index (Phi) is 1.42. The van der Waals surface area contributed by atoms with E-state index < -0.39 is 5.91 Å². The van der Waals surface area contributed by atoms with Gasteiger partial charge in [0.05, 0.1) is 5.69 Å². The van der Waals surface area contributed by atoms with Crippen LogP contribution in [0.15, 0.2) is 12.3 Å². The third-order valence-electron chi connectivity index (χ3n) is 1.66. The van der Waals surface area contributed by atoms with Crippen molar-refractivity contribution in [2.75, 3.05) is 5.73 Å². The number of nitrogens with zero attached hydrogens (tertiary/aromatic N) is 2. The molecule has 1 amide bonds. The molecule has 0 saturated heterocycles. The van der Waals surface area contributed by atoms with Crippen LogP contribution in [-0.4, -0.2) is 20.9 Å². The molecule has 0 bridgehead atoms. The van der Waals surface area contributed by atoms with Gasteiger partial charge in [0.15, 0.2) is 11.6 Å². The largest absolute Gasteiger partial charge is 0.382 e. The lowest BCUT2D eigenvalue weighted by molar-refractivity contribution is 0.0990. The van der Waals surface area contributed by atoms with E-state index >= 15 is 0 Å². The smallest absolute Gasteiger partial charge is 0.284 e. The summed E-state index contributed by atoms with van der Waals surface area (Å²) in [5.74, 6) is -0.402. The molecule has 2 aliphatic heterocycles. The molecule has 2 aliphatic rings. The maximum absolute atomic E-state index is 10.8. The Morgan fingerprint density at radius 3 is 3.00 bits per heavy atom. The summed E-state index contributed by atoms with van der Waals surface area (Å²) in [4.78, 5) is 21.2. The van der Waals surface area contributed by atoms with Crippen molar-refractivity contribution in [1.29, 1.82) is 0 Å². The Morgan fingerprint density at radius 1 is 1.54 bits per heavy atom. The van der Waals surface area contributed by atoms with Gasteiger partial charge in [-0.05, 0) is 6.07 Å². The number of nitrogens with one attached hydrogen (secondary N) is 1. The number of nitrogen functional groups attached to an aromatic ring is 1. The average Bonchev–Trinajstić information content (AvgIpc) is 2.51. The number of fused-ring (bicyclic) bond motifs is 1. The lowest BCUT2D eigenvalue weighted by atomic mass is 10.3. The summed E-state index contributed by atoms with van der Waals surface area (Å²) in [6, 6.07) is 1.69. The fourth-order valence-electron chi connectivity index (χ4n) is 1.09. The molecule has 66 valence electrons. The predicted octanol–water partition coefficient (Wildman–Crippen LogP) is -0.409. The number of hydrogen-bond donors (Lipinski definition) is 3. The van der Waals surface area contributed by atoms with Crippen LogP contribution >= 0.6 is 0 Å². The van der Waals surface area contributed by atoms with Crippen LogP contribution in [-0.2, 0) is 0 Å². The number of H-pyrrole nitrogens is 1. The summed E-state index contributed by atoms with van der Waals surface area (Å²) < 4.78 is 0. The topological polar surface area (TPSA) is 111 Å². The number of rotatable bonds is 1. The summed E-state index contributed by atoms with van der Waals surface area (Å²) in [7, 11) is 0. The molecule has 0 saturated carbocycles. The van der Waals surface area contributed by atoms with Crippen LogP contribution in [0.4, 0.5) is 5.82 Å². The van der Waals surface area contributed by atoms with Gasteiger partial charge in [0.2, 0.25) is 0 Å². The van der Waals surface area contributed by atoms with E-state index in [9.17, 15) is 4.79 Å². The summed E-state index contributed by atoms with van der Waals surface area (Å²) >= 11 is 0. The van der Waals surface area contributed by atoms with Crippen LogP contribution in [0.2, 0.25) is 0 Å². The van der Waals surface area contributed by atoms with Gasteiger partial charge in [-0.1, -0.05) is 0 Å². The minimum atomic E-state index is -0.644. The number of hydrogen-bond acceptors (Lipinski definition) is 4. The molecule has 6 nitrogen and oxygen atoms in total. The van der Waals surface area contributed by atoms with Crippen molar-refractivity contribution in [2.45, 2.75) is 0 Å². The second-order valence-corrected chi connectivity index (χ2v) is 2.54. The van der Waals surface area contributed by atoms with E-state index in [1.165, 1.54) is 0 Å². The average molecular weight is 177 g/mol. The molecule has 5 N–H and O–H groups in total. The van der Waals surface area contributed by atoms with Gasteiger partial charge < -0.3 is 16.5 Å². The number of anilines is 1. The number of amides is 1. The summed E-state index contributed by atoms with van der Waals surface area (Å²) in [5, 5.41) is 0. The first kappa shape index (κ1) is 7.53. The Morgan fingerprint density at radius 2 is 2.31 bits per heavy atom. The molecule has 0 aliphatic carbocycles. The Bertz CT molecular complexity index is 435. The minimum Gasteiger partial charge on any atom is -0.382 e.